The molecule has 1 unspecified atom stereocenters. The summed E-state index contributed by atoms with van der Waals surface area (Å²) in [5.41, 5.74) is 4.64. The summed E-state index contributed by atoms with van der Waals surface area (Å²) in [7, 11) is 4.58. The number of phenols is 1. The fourth-order valence-corrected chi connectivity index (χ4v) is 4.71. The van der Waals surface area contributed by atoms with Crippen LogP contribution in [-0.4, -0.2) is 54.0 Å². The monoisotopic (exact) mass is 485 g/mol. The van der Waals surface area contributed by atoms with Crippen molar-refractivity contribution in [2.75, 3.05) is 27.9 Å². The number of fused-ring (bicyclic) bond motifs is 1. The van der Waals surface area contributed by atoms with Crippen molar-refractivity contribution in [1.29, 1.82) is 0 Å². The number of carbonyl (C=O) groups is 1. The van der Waals surface area contributed by atoms with Crippen LogP contribution in [-0.2, 0) is 6.42 Å². The fraction of sp³-hybridized carbons (Fsp3) is 0.214. The molecule has 1 aliphatic heterocycles. The van der Waals surface area contributed by atoms with Gasteiger partial charge < -0.3 is 24.2 Å². The molecule has 8 heteroatoms. The van der Waals surface area contributed by atoms with Gasteiger partial charge in [-0.05, 0) is 53.9 Å². The Morgan fingerprint density at radius 3 is 2.22 bits per heavy atom. The molecule has 1 aromatic heterocycles. The predicted octanol–water partition coefficient (Wildman–Crippen LogP) is 4.60. The summed E-state index contributed by atoms with van der Waals surface area (Å²) in [4.78, 5) is 15.5. The van der Waals surface area contributed by atoms with Gasteiger partial charge in [-0.3, -0.25) is 9.89 Å². The first-order valence-corrected chi connectivity index (χ1v) is 11.6. The van der Waals surface area contributed by atoms with Gasteiger partial charge in [-0.15, -0.1) is 0 Å². The van der Waals surface area contributed by atoms with Crippen LogP contribution in [0, 0.1) is 0 Å². The quantitative estimate of drug-likeness (QED) is 0.379. The molecule has 2 N–H and O–H groups in total. The van der Waals surface area contributed by atoms with Crippen LogP contribution in [0.3, 0.4) is 0 Å². The highest BCUT2D eigenvalue weighted by Gasteiger charge is 2.42. The number of nitrogens with zero attached hydrogens (tertiary/aromatic N) is 2. The number of aromatic hydroxyl groups is 1. The molecule has 0 bridgehead atoms. The number of nitrogens with one attached hydrogen (secondary N) is 1. The van der Waals surface area contributed by atoms with Crippen molar-refractivity contribution in [3.05, 3.63) is 89.1 Å². The molecule has 1 atom stereocenters. The normalized spacial score (nSPS) is 14.6. The lowest BCUT2D eigenvalue weighted by atomic mass is 9.95. The first kappa shape index (κ1) is 23.3. The molecule has 0 saturated heterocycles. The van der Waals surface area contributed by atoms with E-state index in [1.807, 2.05) is 59.5 Å². The summed E-state index contributed by atoms with van der Waals surface area (Å²) in [6.45, 7) is 0.490. The third kappa shape index (κ3) is 4.00. The standard InChI is InChI=1S/C28H27N3O5/c1-34-20-11-9-18(10-12-20)24-23-25(30-29-24)28(33)31(14-13-17-7-5-4-6-8-17)26(23)19-15-21(35-2)27(32)22(16-19)36-3/h4-12,15-16,26,32H,13-14H2,1-3H3,(H,29,30). The summed E-state index contributed by atoms with van der Waals surface area (Å²) in [5, 5.41) is 18.0. The summed E-state index contributed by atoms with van der Waals surface area (Å²) < 4.78 is 16.1. The first-order chi connectivity index (χ1) is 17.5. The fourth-order valence-electron chi connectivity index (χ4n) is 4.71. The van der Waals surface area contributed by atoms with Gasteiger partial charge >= 0.3 is 0 Å². The topological polar surface area (TPSA) is 96.9 Å². The number of ether oxygens (including phenoxy) is 3. The largest absolute Gasteiger partial charge is 0.502 e. The van der Waals surface area contributed by atoms with Gasteiger partial charge in [0.2, 0.25) is 5.75 Å². The number of phenolic OH excluding ortho intramolecular Hbond substituents is 1. The van der Waals surface area contributed by atoms with Crippen molar-refractivity contribution >= 4 is 5.91 Å². The Morgan fingerprint density at radius 1 is 0.944 bits per heavy atom. The van der Waals surface area contributed by atoms with Crippen LogP contribution in [0.5, 0.6) is 23.0 Å². The summed E-state index contributed by atoms with van der Waals surface area (Å²) in [6.07, 6.45) is 0.686. The molecule has 1 amide bonds. The summed E-state index contributed by atoms with van der Waals surface area (Å²) in [5.74, 6) is 1.04. The van der Waals surface area contributed by atoms with Gasteiger partial charge in [0.15, 0.2) is 11.5 Å². The molecule has 36 heavy (non-hydrogen) atoms. The van der Waals surface area contributed by atoms with Gasteiger partial charge in [0.25, 0.3) is 5.91 Å². The average molecular weight is 486 g/mol. The van der Waals surface area contributed by atoms with Crippen LogP contribution >= 0.6 is 0 Å². The van der Waals surface area contributed by atoms with E-state index in [0.29, 0.717) is 24.4 Å². The van der Waals surface area contributed by atoms with E-state index >= 15 is 0 Å². The van der Waals surface area contributed by atoms with E-state index in [1.165, 1.54) is 14.2 Å². The van der Waals surface area contributed by atoms with E-state index in [2.05, 4.69) is 10.2 Å². The zero-order valence-electron chi connectivity index (χ0n) is 20.3. The Kier molecular flexibility index (Phi) is 6.25. The molecule has 184 valence electrons. The van der Waals surface area contributed by atoms with Gasteiger partial charge in [-0.1, -0.05) is 30.3 Å². The van der Waals surface area contributed by atoms with Gasteiger partial charge in [-0.2, -0.15) is 5.10 Å². The van der Waals surface area contributed by atoms with Crippen molar-refractivity contribution in [1.82, 2.24) is 15.1 Å². The van der Waals surface area contributed by atoms with Crippen molar-refractivity contribution in [3.8, 4) is 34.3 Å². The Bertz CT molecular complexity index is 1360. The van der Waals surface area contributed by atoms with Crippen LogP contribution < -0.4 is 14.2 Å². The highest BCUT2D eigenvalue weighted by Crippen LogP contribution is 2.47. The molecule has 0 spiro atoms. The lowest BCUT2D eigenvalue weighted by Crippen LogP contribution is -2.31. The second-order valence-corrected chi connectivity index (χ2v) is 8.50. The van der Waals surface area contributed by atoms with Crippen LogP contribution in [0.1, 0.15) is 33.2 Å². The number of amides is 1. The van der Waals surface area contributed by atoms with E-state index in [1.54, 1.807) is 19.2 Å². The number of rotatable bonds is 8. The molecule has 3 aromatic carbocycles. The average Bonchev–Trinajstić information content (AvgIpc) is 3.47. The zero-order valence-corrected chi connectivity index (χ0v) is 20.3. The molecule has 2 heterocycles. The maximum atomic E-state index is 13.6. The van der Waals surface area contributed by atoms with Crippen molar-refractivity contribution < 1.29 is 24.1 Å². The highest BCUT2D eigenvalue weighted by molar-refractivity contribution is 6.00. The number of H-pyrrole nitrogens is 1. The predicted molar refractivity (Wildman–Crippen MR) is 135 cm³/mol. The number of aromatic amines is 1. The minimum atomic E-state index is -0.463. The number of benzene rings is 3. The molecular weight excluding hydrogens is 458 g/mol. The molecule has 4 aromatic rings. The summed E-state index contributed by atoms with van der Waals surface area (Å²) in [6, 6.07) is 20.6. The van der Waals surface area contributed by atoms with Crippen LogP contribution in [0.15, 0.2) is 66.7 Å². The van der Waals surface area contributed by atoms with Gasteiger partial charge in [0.05, 0.1) is 33.1 Å². The highest BCUT2D eigenvalue weighted by atomic mass is 16.5. The molecule has 0 saturated carbocycles. The molecule has 5 rings (SSSR count). The minimum Gasteiger partial charge on any atom is -0.502 e. The van der Waals surface area contributed by atoms with Crippen LogP contribution in [0.4, 0.5) is 0 Å². The molecule has 8 nitrogen and oxygen atoms in total. The second-order valence-electron chi connectivity index (χ2n) is 8.50. The second kappa shape index (κ2) is 9.65. The lowest BCUT2D eigenvalue weighted by molar-refractivity contribution is 0.0745. The third-order valence-electron chi connectivity index (χ3n) is 6.53. The molecule has 0 fully saturated rings. The number of methoxy groups -OCH3 is 3. The van der Waals surface area contributed by atoms with Gasteiger partial charge in [-0.25, -0.2) is 0 Å². The van der Waals surface area contributed by atoms with E-state index < -0.39 is 6.04 Å². The van der Waals surface area contributed by atoms with Crippen molar-refractivity contribution in [3.63, 3.8) is 0 Å². The van der Waals surface area contributed by atoms with Gasteiger partial charge in [0.1, 0.15) is 11.4 Å². The molecular formula is C28H27N3O5. The van der Waals surface area contributed by atoms with Crippen molar-refractivity contribution in [2.45, 2.75) is 12.5 Å². The Morgan fingerprint density at radius 2 is 1.61 bits per heavy atom. The van der Waals surface area contributed by atoms with Crippen LogP contribution in [0.2, 0.25) is 0 Å². The molecule has 1 aliphatic rings. The summed E-state index contributed by atoms with van der Waals surface area (Å²) >= 11 is 0. The Balaban J connectivity index is 1.63. The molecule has 0 aliphatic carbocycles. The minimum absolute atomic E-state index is 0.0910. The SMILES string of the molecule is COc1ccc(-c2n[nH]c3c2C(c2cc(OC)c(O)c(OC)c2)N(CCc2ccccc2)C3=O)cc1. The van der Waals surface area contributed by atoms with Gasteiger partial charge in [0, 0.05) is 17.7 Å². The Labute approximate surface area is 209 Å². The van der Waals surface area contributed by atoms with E-state index in [9.17, 15) is 9.90 Å². The van der Waals surface area contributed by atoms with E-state index in [0.717, 1.165) is 28.0 Å². The number of carbonyl (C=O) groups excluding carboxylic acids is 1. The van der Waals surface area contributed by atoms with E-state index in [4.69, 9.17) is 14.2 Å². The lowest BCUT2D eigenvalue weighted by Gasteiger charge is -2.27. The maximum absolute atomic E-state index is 13.6. The van der Waals surface area contributed by atoms with Crippen LogP contribution in [0.25, 0.3) is 11.3 Å². The molecule has 0 radical (unpaired) electrons. The maximum Gasteiger partial charge on any atom is 0.273 e. The van der Waals surface area contributed by atoms with Crippen molar-refractivity contribution in [2.24, 2.45) is 0 Å². The number of hydrogen-bond acceptors (Lipinski definition) is 6. The number of hydrogen-bond donors (Lipinski definition) is 2. The first-order valence-electron chi connectivity index (χ1n) is 11.6. The van der Waals surface area contributed by atoms with E-state index in [-0.39, 0.29) is 23.2 Å². The number of aromatic nitrogens is 2. The third-order valence-corrected chi connectivity index (χ3v) is 6.53. The zero-order chi connectivity index (χ0) is 25.2. The Hall–Kier alpha value is -4.46. The smallest absolute Gasteiger partial charge is 0.273 e.